The number of ether oxygens (including phenoxy) is 2. The lowest BCUT2D eigenvalue weighted by Crippen LogP contribution is -2.40. The topological polar surface area (TPSA) is 102 Å². The maximum absolute atomic E-state index is 14.3. The second kappa shape index (κ2) is 18.9. The van der Waals surface area contributed by atoms with Gasteiger partial charge in [0.25, 0.3) is 0 Å². The van der Waals surface area contributed by atoms with E-state index in [9.17, 15) is 18.0 Å². The summed E-state index contributed by atoms with van der Waals surface area (Å²) in [6.07, 6.45) is 6.07. The maximum atomic E-state index is 14.3. The predicted octanol–water partition coefficient (Wildman–Crippen LogP) is 10.2. The van der Waals surface area contributed by atoms with Gasteiger partial charge in [0.15, 0.2) is 0 Å². The van der Waals surface area contributed by atoms with Crippen LogP contribution in [0.4, 0.5) is 5.69 Å². The summed E-state index contributed by atoms with van der Waals surface area (Å²) in [6.45, 7) is 1.78. The second-order valence-corrected chi connectivity index (χ2v) is 16.5. The van der Waals surface area contributed by atoms with E-state index >= 15 is 0 Å². The van der Waals surface area contributed by atoms with Crippen LogP contribution in [0.15, 0.2) is 157 Å². The molecule has 0 aliphatic heterocycles. The Kier molecular flexibility index (Phi) is 13.1. The van der Waals surface area contributed by atoms with Crippen molar-refractivity contribution in [2.24, 2.45) is 0 Å². The molecule has 9 heteroatoms. The van der Waals surface area contributed by atoms with E-state index in [0.29, 0.717) is 11.6 Å². The van der Waals surface area contributed by atoms with Crippen molar-refractivity contribution in [3.8, 4) is 16.9 Å². The third-order valence-electron chi connectivity index (χ3n) is 10.7. The van der Waals surface area contributed by atoms with E-state index in [-0.39, 0.29) is 36.0 Å². The molecule has 1 amide bonds. The van der Waals surface area contributed by atoms with Gasteiger partial charge in [0.2, 0.25) is 15.9 Å². The van der Waals surface area contributed by atoms with Crippen LogP contribution in [0.3, 0.4) is 0 Å². The highest BCUT2D eigenvalue weighted by Gasteiger charge is 2.24. The maximum Gasteiger partial charge on any atom is 0.342 e. The molecule has 0 atom stereocenters. The van der Waals surface area contributed by atoms with Crippen molar-refractivity contribution in [2.75, 3.05) is 11.4 Å². The number of hydrogen-bond acceptors (Lipinski definition) is 6. The van der Waals surface area contributed by atoms with Crippen LogP contribution in [-0.2, 0) is 39.3 Å². The first-order valence-electron chi connectivity index (χ1n) is 19.8. The average Bonchev–Trinajstić information content (AvgIpc) is 3.27. The lowest BCUT2D eigenvalue weighted by molar-refractivity contribution is -0.117. The number of hydrogen-bond donors (Lipinski definition) is 1. The zero-order valence-electron chi connectivity index (χ0n) is 32.7. The number of nitrogens with one attached hydrogen (secondary N) is 1. The van der Waals surface area contributed by atoms with E-state index in [1.165, 1.54) is 42.6 Å². The van der Waals surface area contributed by atoms with Crippen molar-refractivity contribution in [3.05, 3.63) is 185 Å². The van der Waals surface area contributed by atoms with Gasteiger partial charge < -0.3 is 14.4 Å². The second-order valence-electron chi connectivity index (χ2n) is 14.7. The first-order chi connectivity index (χ1) is 28.2. The largest absolute Gasteiger partial charge is 0.488 e. The molecular weight excluding hydrogens is 745 g/mol. The summed E-state index contributed by atoms with van der Waals surface area (Å²) in [6, 6.07) is 47.0. The number of anilines is 1. The highest BCUT2D eigenvalue weighted by atomic mass is 32.2. The molecule has 1 fully saturated rings. The van der Waals surface area contributed by atoms with Crippen LogP contribution in [0.2, 0.25) is 0 Å². The Morgan fingerprint density at radius 2 is 1.33 bits per heavy atom. The molecule has 1 N–H and O–H groups in total. The molecule has 0 aromatic heterocycles. The number of benzene rings is 6. The van der Waals surface area contributed by atoms with Crippen molar-refractivity contribution in [3.63, 3.8) is 0 Å². The molecule has 0 unspecified atom stereocenters. The molecule has 7 rings (SSSR count). The van der Waals surface area contributed by atoms with E-state index < -0.39 is 28.4 Å². The summed E-state index contributed by atoms with van der Waals surface area (Å²) < 4.78 is 41.8. The predicted molar refractivity (Wildman–Crippen MR) is 228 cm³/mol. The molecule has 8 nitrogen and oxygen atoms in total. The third-order valence-corrected chi connectivity index (χ3v) is 12.1. The molecule has 0 saturated heterocycles. The Morgan fingerprint density at radius 1 is 0.690 bits per heavy atom. The smallest absolute Gasteiger partial charge is 0.342 e. The summed E-state index contributed by atoms with van der Waals surface area (Å²) in [5.74, 6) is -0.291. The van der Waals surface area contributed by atoms with Crippen molar-refractivity contribution >= 4 is 27.6 Å². The van der Waals surface area contributed by atoms with Crippen LogP contribution in [0.1, 0.15) is 76.2 Å². The molecule has 296 valence electrons. The quantitative estimate of drug-likeness (QED) is 0.104. The van der Waals surface area contributed by atoms with Crippen molar-refractivity contribution in [2.45, 2.75) is 69.6 Å². The molecule has 0 radical (unpaired) electrons. The number of nitrogens with zero attached hydrogens (tertiary/aromatic N) is 1. The fourth-order valence-electron chi connectivity index (χ4n) is 7.42. The van der Waals surface area contributed by atoms with Crippen LogP contribution in [0.5, 0.6) is 5.75 Å². The molecule has 0 spiro atoms. The van der Waals surface area contributed by atoms with E-state index in [1.807, 2.05) is 110 Å². The van der Waals surface area contributed by atoms with E-state index in [4.69, 9.17) is 9.47 Å². The first kappa shape index (κ1) is 40.2. The lowest BCUT2D eigenvalue weighted by Gasteiger charge is -2.25. The van der Waals surface area contributed by atoms with Gasteiger partial charge in [-0.05, 0) is 88.9 Å². The molecule has 1 aliphatic carbocycles. The highest BCUT2D eigenvalue weighted by molar-refractivity contribution is 7.89. The van der Waals surface area contributed by atoms with E-state index in [2.05, 4.69) is 16.9 Å². The van der Waals surface area contributed by atoms with Gasteiger partial charge in [0, 0.05) is 11.8 Å². The summed E-state index contributed by atoms with van der Waals surface area (Å²) >= 11 is 0. The summed E-state index contributed by atoms with van der Waals surface area (Å²) in [5.41, 5.74) is 7.24. The fourth-order valence-corrected chi connectivity index (χ4v) is 8.48. The summed E-state index contributed by atoms with van der Waals surface area (Å²) in [7, 11) is -4.06. The minimum atomic E-state index is -4.06. The van der Waals surface area contributed by atoms with Crippen LogP contribution >= 0.6 is 0 Å². The van der Waals surface area contributed by atoms with Crippen LogP contribution in [-0.4, -0.2) is 26.8 Å². The molecule has 6 aromatic rings. The number of amides is 1. The minimum Gasteiger partial charge on any atom is -0.488 e. The molecule has 0 bridgehead atoms. The number of carbonyl (C=O) groups is 2. The third kappa shape index (κ3) is 10.3. The van der Waals surface area contributed by atoms with Gasteiger partial charge in [-0.1, -0.05) is 141 Å². The zero-order valence-corrected chi connectivity index (χ0v) is 33.5. The molecule has 58 heavy (non-hydrogen) atoms. The first-order valence-corrected chi connectivity index (χ1v) is 21.3. The Labute approximate surface area is 341 Å². The van der Waals surface area contributed by atoms with Gasteiger partial charge in [-0.3, -0.25) is 4.79 Å². The molecule has 6 aromatic carbocycles. The average molecular weight is 793 g/mol. The van der Waals surface area contributed by atoms with Gasteiger partial charge in [-0.25, -0.2) is 17.9 Å². The normalized spacial score (nSPS) is 13.1. The van der Waals surface area contributed by atoms with Crippen molar-refractivity contribution in [1.29, 1.82) is 0 Å². The van der Waals surface area contributed by atoms with E-state index in [1.54, 1.807) is 36.4 Å². The molecule has 0 heterocycles. The Balaban J connectivity index is 1.16. The number of rotatable bonds is 15. The SMILES string of the molecule is Cc1cc(S(=O)(=O)NCC(=O)N(Cc2ccc(C3CCCCC3)cc2)c2ccc(C(=O)OCc3ccccc3)c(OCc3ccccc3)c2)ccc1-c1ccccc1. The minimum absolute atomic E-state index is 0.0669. The van der Waals surface area contributed by atoms with Gasteiger partial charge in [0.05, 0.1) is 18.0 Å². The van der Waals surface area contributed by atoms with Gasteiger partial charge in [-0.2, -0.15) is 0 Å². The number of sulfonamides is 1. The summed E-state index contributed by atoms with van der Waals surface area (Å²) in [4.78, 5) is 29.4. The Bertz CT molecular complexity index is 2420. The van der Waals surface area contributed by atoms with Gasteiger partial charge >= 0.3 is 5.97 Å². The van der Waals surface area contributed by atoms with Crippen LogP contribution in [0, 0.1) is 6.92 Å². The van der Waals surface area contributed by atoms with E-state index in [0.717, 1.165) is 33.4 Å². The number of aryl methyl sites for hydroxylation is 1. The monoisotopic (exact) mass is 792 g/mol. The van der Waals surface area contributed by atoms with Crippen molar-refractivity contribution in [1.82, 2.24) is 4.72 Å². The lowest BCUT2D eigenvalue weighted by atomic mass is 9.84. The number of carbonyl (C=O) groups excluding carboxylic acids is 2. The van der Waals surface area contributed by atoms with Gasteiger partial charge in [-0.15, -0.1) is 0 Å². The molecular formula is C49H48N2O6S. The van der Waals surface area contributed by atoms with Crippen molar-refractivity contribution < 1.29 is 27.5 Å². The highest BCUT2D eigenvalue weighted by Crippen LogP contribution is 2.34. The number of esters is 1. The Hall–Kier alpha value is -6.03. The standard InChI is InChI=1S/C49H48N2O6S/c1-36-30-44(27-29-45(36)42-20-12-5-13-21-42)58(54,55)50-32-48(52)51(33-37-22-24-41(25-23-37)40-18-10-4-11-19-40)43-26-28-46(49(53)57-35-39-16-8-3-9-17-39)47(31-43)56-34-38-14-6-2-7-15-38/h2-3,5-9,12-17,20-31,40,50H,4,10-11,18-19,32-35H2,1H3. The van der Waals surface area contributed by atoms with Crippen LogP contribution < -0.4 is 14.4 Å². The summed E-state index contributed by atoms with van der Waals surface area (Å²) in [5, 5.41) is 0. The molecule has 1 saturated carbocycles. The fraction of sp³-hybridized carbons (Fsp3) is 0.224. The van der Waals surface area contributed by atoms with Crippen LogP contribution in [0.25, 0.3) is 11.1 Å². The zero-order chi connectivity index (χ0) is 40.3. The van der Waals surface area contributed by atoms with Gasteiger partial charge in [0.1, 0.15) is 24.5 Å². The Morgan fingerprint density at radius 3 is 1.98 bits per heavy atom. The molecule has 1 aliphatic rings.